The van der Waals surface area contributed by atoms with Gasteiger partial charge in [-0.1, -0.05) is 117 Å². The molecule has 4 N–H and O–H groups in total. The Morgan fingerprint density at radius 3 is 1.68 bits per heavy atom. The fourth-order valence-corrected chi connectivity index (χ4v) is 5.79. The van der Waals surface area contributed by atoms with E-state index in [1.54, 1.807) is 0 Å². The summed E-state index contributed by atoms with van der Waals surface area (Å²) in [7, 11) is -5.08. The molecule has 6 atom stereocenters. The lowest BCUT2D eigenvalue weighted by molar-refractivity contribution is -0.301. The van der Waals surface area contributed by atoms with E-state index in [4.69, 9.17) is 23.5 Å². The number of esters is 1. The van der Waals surface area contributed by atoms with Crippen LogP contribution in [0.25, 0.3) is 0 Å². The molecule has 56 heavy (non-hydrogen) atoms. The first-order valence-corrected chi connectivity index (χ1v) is 21.4. The molecule has 318 valence electrons. The number of unbranched alkanes of at least 4 members (excludes halogenated alkanes) is 3. The zero-order valence-electron chi connectivity index (χ0n) is 33.4. The van der Waals surface area contributed by atoms with E-state index in [0.717, 1.165) is 70.6 Å². The number of allylic oxidation sites excluding steroid dienone is 15. The first-order chi connectivity index (χ1) is 27.1. The predicted octanol–water partition coefficient (Wildman–Crippen LogP) is 7.51. The summed E-state index contributed by atoms with van der Waals surface area (Å²) in [5.74, 6) is -0.459. The lowest BCUT2D eigenvalue weighted by atomic mass is 9.99. The van der Waals surface area contributed by atoms with Gasteiger partial charge in [-0.15, -0.1) is 0 Å². The van der Waals surface area contributed by atoms with E-state index in [-0.39, 0.29) is 19.6 Å². The van der Waals surface area contributed by atoms with Crippen LogP contribution in [-0.2, 0) is 38.3 Å². The zero-order valence-corrected chi connectivity index (χ0v) is 34.2. The molecule has 1 aliphatic heterocycles. The van der Waals surface area contributed by atoms with Crippen molar-refractivity contribution in [2.45, 2.75) is 141 Å². The zero-order chi connectivity index (χ0) is 41.1. The Hall–Kier alpha value is -2.98. The van der Waals surface area contributed by atoms with Crippen LogP contribution in [0.2, 0.25) is 0 Å². The number of rotatable bonds is 32. The molecule has 1 saturated heterocycles. The smallest absolute Gasteiger partial charge is 0.397 e. The normalized spacial score (nSPS) is 21.9. The van der Waals surface area contributed by atoms with E-state index in [2.05, 4.69) is 103 Å². The molecule has 1 fully saturated rings. The Morgan fingerprint density at radius 2 is 1.18 bits per heavy atom. The monoisotopic (exact) mass is 808 g/mol. The van der Waals surface area contributed by atoms with Crippen LogP contribution < -0.4 is 0 Å². The Labute approximate surface area is 335 Å². The lowest BCUT2D eigenvalue weighted by Crippen LogP contribution is -2.60. The molecule has 6 unspecified atom stereocenters. The fraction of sp³-hybridized carbons (Fsp3) is 0.605. The molecular weight excluding hydrogens is 741 g/mol. The highest BCUT2D eigenvalue weighted by Crippen LogP contribution is 2.26. The van der Waals surface area contributed by atoms with Crippen molar-refractivity contribution >= 4 is 16.4 Å². The van der Waals surface area contributed by atoms with Crippen molar-refractivity contribution in [2.75, 3.05) is 26.4 Å². The third kappa shape index (κ3) is 27.6. The molecule has 0 spiro atoms. The summed E-state index contributed by atoms with van der Waals surface area (Å²) in [5, 5.41) is 30.6. The van der Waals surface area contributed by atoms with Crippen molar-refractivity contribution in [2.24, 2.45) is 0 Å². The van der Waals surface area contributed by atoms with Gasteiger partial charge in [0.2, 0.25) is 0 Å². The summed E-state index contributed by atoms with van der Waals surface area (Å²) >= 11 is 0. The maximum atomic E-state index is 12.8. The molecule has 0 saturated carbocycles. The number of aliphatic hydroxyl groups excluding tert-OH is 3. The third-order valence-electron chi connectivity index (χ3n) is 8.22. The average Bonchev–Trinajstić information content (AvgIpc) is 3.17. The summed E-state index contributed by atoms with van der Waals surface area (Å²) in [6, 6.07) is 0. The van der Waals surface area contributed by atoms with Crippen LogP contribution in [0.3, 0.4) is 0 Å². The number of carbonyl (C=O) groups is 1. The molecule has 1 rings (SSSR count). The molecule has 0 aromatic rings. The van der Waals surface area contributed by atoms with Gasteiger partial charge in [-0.2, -0.15) is 8.42 Å². The quantitative estimate of drug-likeness (QED) is 0.0228. The molecule has 13 heteroatoms. The molecule has 0 aromatic carbocycles. The van der Waals surface area contributed by atoms with Crippen molar-refractivity contribution in [3.8, 4) is 0 Å². The van der Waals surface area contributed by atoms with E-state index in [1.165, 1.54) is 0 Å². The molecule has 0 bridgehead atoms. The second-order valence-electron chi connectivity index (χ2n) is 13.1. The molecule has 12 nitrogen and oxygen atoms in total. The predicted molar refractivity (Wildman–Crippen MR) is 220 cm³/mol. The standard InChI is InChI=1S/C43H68O12S/c1-3-5-7-9-11-13-15-17-18-19-21-23-25-27-29-31-33-51-35-37(36-52-43-41(47)42(55-56(48,49)50)40(46)38(34-44)54-43)53-39(45)32-30-28-26-24-22-20-16-14-12-10-8-6-4-2/h5-8,11-14,17-18,20-23,27,29,37-38,40-44,46-47H,3-4,9-10,15-16,19,24-26,28,30-36H2,1-2H3,(H,48,49,50)/b7-5-,8-6-,13-11-,14-12-,18-17-,22-20-,23-21-,29-27-. The lowest BCUT2D eigenvalue weighted by Gasteiger charge is -2.41. The first-order valence-electron chi connectivity index (χ1n) is 20.0. The molecule has 0 amide bonds. The van der Waals surface area contributed by atoms with E-state index in [9.17, 15) is 28.5 Å². The molecule has 0 aliphatic carbocycles. The van der Waals surface area contributed by atoms with Crippen molar-refractivity contribution in [1.82, 2.24) is 0 Å². The van der Waals surface area contributed by atoms with E-state index >= 15 is 0 Å². The minimum absolute atomic E-state index is 0.0373. The maximum Gasteiger partial charge on any atom is 0.397 e. The summed E-state index contributed by atoms with van der Waals surface area (Å²) in [5.41, 5.74) is 0. The van der Waals surface area contributed by atoms with Gasteiger partial charge < -0.3 is 34.3 Å². The van der Waals surface area contributed by atoms with E-state index in [0.29, 0.717) is 19.4 Å². The molecule has 0 aromatic heterocycles. The van der Waals surface area contributed by atoms with Crippen molar-refractivity contribution < 1.29 is 56.2 Å². The first kappa shape index (κ1) is 51.0. The van der Waals surface area contributed by atoms with Crippen LogP contribution in [0.5, 0.6) is 0 Å². The fourth-order valence-electron chi connectivity index (χ4n) is 5.28. The van der Waals surface area contributed by atoms with E-state index < -0.39 is 59.8 Å². The van der Waals surface area contributed by atoms with Gasteiger partial charge in [0.25, 0.3) is 0 Å². The van der Waals surface area contributed by atoms with Gasteiger partial charge in [-0.25, -0.2) is 4.18 Å². The SMILES string of the molecule is CC/C=C\C/C=C\C/C=C\C/C=C\C/C=C\CCOCC(COC1OC(CO)C(O)C(OS(=O)(=O)O)C1O)OC(=O)CCCCC/C=C\C/C=C\C/C=C\CC. The largest absolute Gasteiger partial charge is 0.457 e. The highest BCUT2D eigenvalue weighted by atomic mass is 32.3. The van der Waals surface area contributed by atoms with Gasteiger partial charge in [-0.3, -0.25) is 9.35 Å². The summed E-state index contributed by atoms with van der Waals surface area (Å²) < 4.78 is 58.7. The van der Waals surface area contributed by atoms with Crippen LogP contribution in [0.1, 0.15) is 104 Å². The number of hydrogen-bond acceptors (Lipinski definition) is 11. The Bertz CT molecular complexity index is 1350. The topological polar surface area (TPSA) is 178 Å². The Kier molecular flexibility index (Phi) is 31.1. The molecular formula is C43H68O12S. The maximum absolute atomic E-state index is 12.8. The van der Waals surface area contributed by atoms with Crippen LogP contribution in [-0.4, -0.2) is 97.5 Å². The Balaban J connectivity index is 2.58. The van der Waals surface area contributed by atoms with Gasteiger partial charge in [0, 0.05) is 6.42 Å². The van der Waals surface area contributed by atoms with Gasteiger partial charge in [0.15, 0.2) is 6.29 Å². The van der Waals surface area contributed by atoms with Crippen molar-refractivity contribution in [1.29, 1.82) is 0 Å². The molecule has 1 aliphatic rings. The number of ether oxygens (including phenoxy) is 4. The highest BCUT2D eigenvalue weighted by Gasteiger charge is 2.48. The number of aliphatic hydroxyl groups is 3. The third-order valence-corrected chi connectivity index (χ3v) is 8.69. The van der Waals surface area contributed by atoms with Crippen LogP contribution in [0.15, 0.2) is 97.2 Å². The van der Waals surface area contributed by atoms with Crippen LogP contribution in [0.4, 0.5) is 0 Å². The summed E-state index contributed by atoms with van der Waals surface area (Å²) in [4.78, 5) is 12.8. The Morgan fingerprint density at radius 1 is 0.679 bits per heavy atom. The number of carbonyl (C=O) groups excluding carboxylic acids is 1. The van der Waals surface area contributed by atoms with Crippen LogP contribution in [0, 0.1) is 0 Å². The molecule has 0 radical (unpaired) electrons. The van der Waals surface area contributed by atoms with Gasteiger partial charge in [0.05, 0.1) is 26.4 Å². The van der Waals surface area contributed by atoms with Crippen LogP contribution >= 0.6 is 0 Å². The van der Waals surface area contributed by atoms with Crippen molar-refractivity contribution in [3.05, 3.63) is 97.2 Å². The summed E-state index contributed by atoms with van der Waals surface area (Å²) in [6.45, 7) is 3.45. The minimum Gasteiger partial charge on any atom is -0.457 e. The second-order valence-corrected chi connectivity index (χ2v) is 14.2. The minimum atomic E-state index is -5.08. The van der Waals surface area contributed by atoms with Crippen molar-refractivity contribution in [3.63, 3.8) is 0 Å². The van der Waals surface area contributed by atoms with Gasteiger partial charge >= 0.3 is 16.4 Å². The highest BCUT2D eigenvalue weighted by molar-refractivity contribution is 7.80. The number of hydrogen-bond donors (Lipinski definition) is 4. The second kappa shape index (κ2) is 34.1. The van der Waals surface area contributed by atoms with E-state index in [1.807, 2.05) is 12.2 Å². The average molecular weight is 809 g/mol. The van der Waals surface area contributed by atoms with Gasteiger partial charge in [-0.05, 0) is 77.0 Å². The molecule has 1 heterocycles. The summed E-state index contributed by atoms with van der Waals surface area (Å²) in [6.07, 6.45) is 36.2. The van der Waals surface area contributed by atoms with Gasteiger partial charge in [0.1, 0.15) is 30.5 Å².